The van der Waals surface area contributed by atoms with Gasteiger partial charge in [-0.15, -0.1) is 0 Å². The average Bonchev–Trinajstić information content (AvgIpc) is 3.73. The van der Waals surface area contributed by atoms with E-state index in [4.69, 9.17) is 21.4 Å². The molecule has 7 rings (SSSR count). The van der Waals surface area contributed by atoms with Gasteiger partial charge < -0.3 is 19.8 Å². The molecule has 2 amide bonds. The van der Waals surface area contributed by atoms with Gasteiger partial charge in [-0.05, 0) is 74.4 Å². The van der Waals surface area contributed by atoms with Crippen LogP contribution in [0.15, 0.2) is 42.5 Å². The van der Waals surface area contributed by atoms with E-state index in [1.165, 1.54) is 13.8 Å². The summed E-state index contributed by atoms with van der Waals surface area (Å²) < 4.78 is 216. The van der Waals surface area contributed by atoms with Gasteiger partial charge in [-0.1, -0.05) is 23.6 Å². The van der Waals surface area contributed by atoms with Crippen LogP contribution in [0.25, 0.3) is 22.0 Å². The molecule has 394 valence electrons. The van der Waals surface area contributed by atoms with E-state index in [2.05, 4.69) is 41.6 Å². The number of phosphoric acid groups is 1. The Bertz CT molecular complexity index is 3430. The molecule has 2 aromatic carbocycles. The normalized spacial score (nSPS) is 17.1. The SMILES string of the molecule is CC(C)(C#Cc1ccc(-c2ccc(Cl)c3c(N(C(=O)OCOP(=O)(O)O)S(C)(=O)=O)nn(CC(F)(F)F)c23)c([C@H](Cc2cc(F)cc(F)c2)NC(=O)Cn2nc(C(F)(F)F)c3c2C(F)(F)C2C[C@H]32)n1)S(C)(=O)=O. The lowest BCUT2D eigenvalue weighted by molar-refractivity contribution is -0.143. The summed E-state index contributed by atoms with van der Waals surface area (Å²) in [5, 5.41) is 8.07. The summed E-state index contributed by atoms with van der Waals surface area (Å²) in [6.07, 6.45) is -12.4. The zero-order chi connectivity index (χ0) is 54.3. The fourth-order valence-electron chi connectivity index (χ4n) is 7.98. The maximum absolute atomic E-state index is 15.6. The van der Waals surface area contributed by atoms with Gasteiger partial charge in [0.05, 0.1) is 33.9 Å². The van der Waals surface area contributed by atoms with Gasteiger partial charge in [0, 0.05) is 34.9 Å². The van der Waals surface area contributed by atoms with Crippen molar-refractivity contribution in [1.82, 2.24) is 29.9 Å². The van der Waals surface area contributed by atoms with E-state index >= 15 is 8.78 Å². The molecular weight excluding hydrogens is 1090 g/mol. The second-order valence-electron chi connectivity index (χ2n) is 17.2. The molecule has 2 aliphatic rings. The molecular formula is C41H35ClF10N7O11PS2. The summed E-state index contributed by atoms with van der Waals surface area (Å²) in [5.41, 5.74) is -6.54. The van der Waals surface area contributed by atoms with Crippen molar-refractivity contribution in [3.63, 3.8) is 0 Å². The van der Waals surface area contributed by atoms with Crippen LogP contribution >= 0.6 is 19.4 Å². The number of sulfone groups is 1. The Morgan fingerprint density at radius 3 is 2.19 bits per heavy atom. The van der Waals surface area contributed by atoms with E-state index in [1.54, 1.807) is 0 Å². The monoisotopic (exact) mass is 1120 g/mol. The van der Waals surface area contributed by atoms with Gasteiger partial charge in [-0.25, -0.2) is 44.5 Å². The summed E-state index contributed by atoms with van der Waals surface area (Å²) in [6.45, 7) is -2.65. The van der Waals surface area contributed by atoms with Gasteiger partial charge in [-0.3, -0.25) is 14.2 Å². The number of ether oxygens (including phenoxy) is 1. The summed E-state index contributed by atoms with van der Waals surface area (Å²) in [6, 6.07) is 4.22. The van der Waals surface area contributed by atoms with Crippen LogP contribution in [0.2, 0.25) is 5.02 Å². The minimum atomic E-state index is -5.37. The zero-order valence-electron chi connectivity index (χ0n) is 37.5. The first kappa shape index (κ1) is 54.9. The fourth-order valence-corrected chi connectivity index (χ4v) is 9.41. The summed E-state index contributed by atoms with van der Waals surface area (Å²) >= 11 is 6.52. The van der Waals surface area contributed by atoms with Crippen molar-refractivity contribution >= 4 is 68.0 Å². The van der Waals surface area contributed by atoms with Crippen LogP contribution in [0.4, 0.5) is 54.5 Å². The number of rotatable bonds is 14. The van der Waals surface area contributed by atoms with Gasteiger partial charge >= 0.3 is 26.3 Å². The van der Waals surface area contributed by atoms with Gasteiger partial charge in [-0.2, -0.15) is 49.6 Å². The summed E-state index contributed by atoms with van der Waals surface area (Å²) in [4.78, 5) is 49.9. The van der Waals surface area contributed by atoms with Crippen molar-refractivity contribution in [2.75, 3.05) is 23.6 Å². The van der Waals surface area contributed by atoms with Crippen molar-refractivity contribution in [2.45, 2.75) is 74.8 Å². The second kappa shape index (κ2) is 18.8. The number of benzene rings is 2. The van der Waals surface area contributed by atoms with E-state index in [0.717, 1.165) is 42.7 Å². The Kier molecular flexibility index (Phi) is 14.2. The molecule has 1 fully saturated rings. The number of carbonyl (C=O) groups excluding carboxylic acids is 2. The molecule has 0 spiro atoms. The molecule has 1 unspecified atom stereocenters. The second-order valence-corrected chi connectivity index (χ2v) is 23.2. The molecule has 2 aliphatic carbocycles. The first-order valence-electron chi connectivity index (χ1n) is 20.6. The number of alkyl halides is 8. The van der Waals surface area contributed by atoms with Crippen LogP contribution in [0.5, 0.6) is 0 Å². The Morgan fingerprint density at radius 1 is 0.986 bits per heavy atom. The Balaban J connectivity index is 1.48. The number of hydrogen-bond donors (Lipinski definition) is 3. The highest BCUT2D eigenvalue weighted by molar-refractivity contribution is 7.93. The lowest BCUT2D eigenvalue weighted by Crippen LogP contribution is -2.37. The van der Waals surface area contributed by atoms with E-state index < -0.39 is 174 Å². The van der Waals surface area contributed by atoms with Crippen molar-refractivity contribution in [2.24, 2.45) is 5.92 Å². The minimum absolute atomic E-state index is 0.117. The molecule has 0 radical (unpaired) electrons. The number of halogens is 11. The molecule has 0 aliphatic heterocycles. The highest BCUT2D eigenvalue weighted by Gasteiger charge is 2.68. The van der Waals surface area contributed by atoms with Crippen LogP contribution in [0.1, 0.15) is 66.1 Å². The van der Waals surface area contributed by atoms with Gasteiger partial charge in [0.15, 0.2) is 21.3 Å². The van der Waals surface area contributed by atoms with E-state index in [0.29, 0.717) is 12.3 Å². The van der Waals surface area contributed by atoms with Crippen LogP contribution in [0, 0.1) is 29.4 Å². The third kappa shape index (κ3) is 11.6. The molecule has 18 nitrogen and oxygen atoms in total. The third-order valence-corrected chi connectivity index (χ3v) is 15.1. The quantitative estimate of drug-likeness (QED) is 0.0429. The number of nitrogens with one attached hydrogen (secondary N) is 1. The molecule has 3 aromatic heterocycles. The Hall–Kier alpha value is -5.83. The number of anilines is 1. The van der Waals surface area contributed by atoms with Crippen LogP contribution in [-0.4, -0.2) is 93.4 Å². The molecule has 32 heteroatoms. The number of pyridine rings is 1. The standard InChI is InChI=1S/C41H35ClF10N7O11PS2/c1-38(2,72(3,65)66)10-9-22-5-6-23(24-7-8-27(42)31-33(24)58(17-39(45,46)47)56-36(31)59(73(4,67)68)37(61)69-18-70-71(62,63)64)32(53-22)28(13-19-11-20(43)14-21(44)12-19)54-29(60)16-57-35-30(34(55-57)41(50,51)52)25-15-26(25)40(35,48)49/h5-8,11-12,14,25-26,28H,13,15-18H2,1-4H3,(H,54,60)(H2,62,63,64)/t25-,26?,28-/m0/s1. The van der Waals surface area contributed by atoms with Gasteiger partial charge in [0.25, 0.3) is 5.92 Å². The molecule has 3 N–H and O–H groups in total. The third-order valence-electron chi connectivity index (χ3n) is 11.4. The largest absolute Gasteiger partial charge is 0.472 e. The van der Waals surface area contributed by atoms with Crippen molar-refractivity contribution in [1.29, 1.82) is 0 Å². The first-order chi connectivity index (χ1) is 33.4. The molecule has 73 heavy (non-hydrogen) atoms. The molecule has 0 bridgehead atoms. The molecule has 3 heterocycles. The smallest absolute Gasteiger partial charge is 0.421 e. The lowest BCUT2D eigenvalue weighted by atomic mass is 9.93. The number of sulfonamides is 1. The number of amides is 2. The van der Waals surface area contributed by atoms with Crippen LogP contribution < -0.4 is 9.62 Å². The highest BCUT2D eigenvalue weighted by Crippen LogP contribution is 2.68. The molecule has 0 saturated heterocycles. The van der Waals surface area contributed by atoms with Crippen molar-refractivity contribution < 1.29 is 93.9 Å². The summed E-state index contributed by atoms with van der Waals surface area (Å²) in [7, 11) is -14.4. The Labute approximate surface area is 410 Å². The van der Waals surface area contributed by atoms with Crippen molar-refractivity contribution in [3.05, 3.63) is 93.0 Å². The van der Waals surface area contributed by atoms with E-state index in [9.17, 15) is 66.1 Å². The number of fused-ring (bicyclic) bond motifs is 4. The summed E-state index contributed by atoms with van der Waals surface area (Å²) in [5.74, 6) is -6.58. The fraction of sp³-hybridized carbons (Fsp3) is 0.390. The average molecular weight is 1120 g/mol. The van der Waals surface area contributed by atoms with Gasteiger partial charge in [0.1, 0.15) is 40.9 Å². The minimum Gasteiger partial charge on any atom is -0.421 e. The predicted octanol–water partition coefficient (Wildman–Crippen LogP) is 7.26. The number of carbonyl (C=O) groups is 2. The highest BCUT2D eigenvalue weighted by atomic mass is 35.5. The molecule has 5 aromatic rings. The number of phosphoric ester groups is 1. The topological polar surface area (TPSA) is 242 Å². The van der Waals surface area contributed by atoms with E-state index in [-0.39, 0.29) is 31.3 Å². The van der Waals surface area contributed by atoms with Crippen LogP contribution in [0.3, 0.4) is 0 Å². The van der Waals surface area contributed by atoms with Crippen molar-refractivity contribution in [3.8, 4) is 23.0 Å². The Morgan fingerprint density at radius 2 is 1.62 bits per heavy atom. The van der Waals surface area contributed by atoms with E-state index in [1.807, 2.05) is 0 Å². The lowest BCUT2D eigenvalue weighted by Gasteiger charge is -2.23. The first-order valence-corrected chi connectivity index (χ1v) is 26.2. The number of hydrogen-bond acceptors (Lipinski definition) is 12. The maximum Gasteiger partial charge on any atom is 0.472 e. The maximum atomic E-state index is 15.6. The zero-order valence-corrected chi connectivity index (χ0v) is 40.8. The van der Waals surface area contributed by atoms with Gasteiger partial charge in [0.2, 0.25) is 22.7 Å². The number of aromatic nitrogens is 5. The number of nitrogens with zero attached hydrogens (tertiary/aromatic N) is 6. The predicted molar refractivity (Wildman–Crippen MR) is 235 cm³/mol. The molecule has 1 saturated carbocycles. The molecule has 3 atom stereocenters. The van der Waals surface area contributed by atoms with Crippen LogP contribution in [-0.2, 0) is 70.1 Å².